The fourth-order valence-corrected chi connectivity index (χ4v) is 6.94. The Bertz CT molecular complexity index is 1260. The first-order valence-corrected chi connectivity index (χ1v) is 13.0. The van der Waals surface area contributed by atoms with Gasteiger partial charge < -0.3 is 4.98 Å². The van der Waals surface area contributed by atoms with E-state index in [4.69, 9.17) is 4.98 Å². The fourth-order valence-electron chi connectivity index (χ4n) is 6.94. The van der Waals surface area contributed by atoms with Crippen molar-refractivity contribution in [3.05, 3.63) is 65.6 Å². The maximum absolute atomic E-state index is 15.1. The SMILES string of the molecule is CC1C=CC(c2ccc(-c3nc4cc(CC5CCC6C(C#N)CCC56)[nH]c4cc3F)cc2)CC1. The fraction of sp³-hybridized carbons (Fsp3) is 0.467. The summed E-state index contributed by atoms with van der Waals surface area (Å²) < 4.78 is 15.1. The van der Waals surface area contributed by atoms with Crippen LogP contribution in [0.2, 0.25) is 0 Å². The Morgan fingerprint density at radius 3 is 2.59 bits per heavy atom. The molecule has 0 amide bonds. The topological polar surface area (TPSA) is 52.5 Å². The van der Waals surface area contributed by atoms with Crippen LogP contribution in [0.3, 0.4) is 0 Å². The van der Waals surface area contributed by atoms with Gasteiger partial charge in [-0.2, -0.15) is 5.26 Å². The van der Waals surface area contributed by atoms with Crippen LogP contribution in [0, 0.1) is 46.7 Å². The van der Waals surface area contributed by atoms with Crippen LogP contribution in [-0.2, 0) is 6.42 Å². The highest BCUT2D eigenvalue weighted by atomic mass is 19.1. The normalized spacial score (nSPS) is 30.5. The number of nitrogens with zero attached hydrogens (tertiary/aromatic N) is 2. The molecule has 4 heteroatoms. The third-order valence-electron chi connectivity index (χ3n) is 8.83. The largest absolute Gasteiger partial charge is 0.357 e. The summed E-state index contributed by atoms with van der Waals surface area (Å²) in [5.41, 5.74) is 5.27. The third-order valence-corrected chi connectivity index (χ3v) is 8.83. The molecule has 3 aliphatic carbocycles. The number of nitrogens with one attached hydrogen (secondary N) is 1. The number of nitriles is 1. The molecule has 3 aliphatic rings. The minimum absolute atomic E-state index is 0.250. The maximum atomic E-state index is 15.1. The molecule has 34 heavy (non-hydrogen) atoms. The Morgan fingerprint density at radius 1 is 1.00 bits per heavy atom. The average molecular weight is 454 g/mol. The van der Waals surface area contributed by atoms with Gasteiger partial charge in [0.05, 0.1) is 17.1 Å². The van der Waals surface area contributed by atoms with Gasteiger partial charge in [0.2, 0.25) is 0 Å². The van der Waals surface area contributed by atoms with E-state index in [1.54, 1.807) is 6.07 Å². The molecule has 2 saturated carbocycles. The number of benzene rings is 1. The van der Waals surface area contributed by atoms with Gasteiger partial charge in [-0.3, -0.25) is 0 Å². The number of hydrogen-bond acceptors (Lipinski definition) is 2. The highest BCUT2D eigenvalue weighted by molar-refractivity contribution is 5.80. The molecular weight excluding hydrogens is 421 g/mol. The van der Waals surface area contributed by atoms with Crippen LogP contribution < -0.4 is 0 Å². The molecule has 1 N–H and O–H groups in total. The van der Waals surface area contributed by atoms with Crippen molar-refractivity contribution in [1.82, 2.24) is 9.97 Å². The van der Waals surface area contributed by atoms with Crippen LogP contribution >= 0.6 is 0 Å². The summed E-state index contributed by atoms with van der Waals surface area (Å²) in [5.74, 6) is 2.94. The summed E-state index contributed by atoms with van der Waals surface area (Å²) in [4.78, 5) is 8.15. The third kappa shape index (κ3) is 3.86. The van der Waals surface area contributed by atoms with E-state index in [1.807, 2.05) is 12.1 Å². The number of H-pyrrole nitrogens is 1. The molecule has 174 valence electrons. The van der Waals surface area contributed by atoms with Crippen molar-refractivity contribution in [2.24, 2.45) is 29.6 Å². The van der Waals surface area contributed by atoms with Crippen LogP contribution in [0.5, 0.6) is 0 Å². The highest BCUT2D eigenvalue weighted by Crippen LogP contribution is 2.51. The number of aromatic nitrogens is 2. The van der Waals surface area contributed by atoms with E-state index < -0.39 is 0 Å². The molecule has 1 aromatic carbocycles. The zero-order valence-corrected chi connectivity index (χ0v) is 19.8. The van der Waals surface area contributed by atoms with Gasteiger partial charge in [0.25, 0.3) is 0 Å². The van der Waals surface area contributed by atoms with Crippen molar-refractivity contribution in [3.63, 3.8) is 0 Å². The Kier molecular flexibility index (Phi) is 5.52. The lowest BCUT2D eigenvalue weighted by Gasteiger charge is -2.20. The summed E-state index contributed by atoms with van der Waals surface area (Å²) in [6, 6.07) is 14.5. The van der Waals surface area contributed by atoms with Gasteiger partial charge in [0.1, 0.15) is 5.69 Å². The molecule has 2 aromatic heterocycles. The Hall–Kier alpha value is -2.93. The van der Waals surface area contributed by atoms with Crippen LogP contribution in [-0.4, -0.2) is 9.97 Å². The lowest BCUT2D eigenvalue weighted by atomic mass is 9.85. The summed E-state index contributed by atoms with van der Waals surface area (Å²) in [6.45, 7) is 2.26. The Labute approximate surface area is 201 Å². The molecule has 0 aliphatic heterocycles. The van der Waals surface area contributed by atoms with Gasteiger partial charge >= 0.3 is 0 Å². The summed E-state index contributed by atoms with van der Waals surface area (Å²) in [5, 5.41) is 9.42. The first kappa shape index (κ1) is 21.6. The highest BCUT2D eigenvalue weighted by Gasteiger charge is 2.44. The van der Waals surface area contributed by atoms with Gasteiger partial charge in [-0.1, -0.05) is 43.3 Å². The zero-order valence-electron chi connectivity index (χ0n) is 19.8. The molecule has 6 unspecified atom stereocenters. The molecule has 3 aromatic rings. The maximum Gasteiger partial charge on any atom is 0.151 e. The first-order valence-electron chi connectivity index (χ1n) is 13.0. The van der Waals surface area contributed by atoms with E-state index in [1.165, 1.54) is 37.7 Å². The first-order chi connectivity index (χ1) is 16.6. The molecule has 2 heterocycles. The minimum Gasteiger partial charge on any atom is -0.357 e. The van der Waals surface area contributed by atoms with Crippen molar-refractivity contribution < 1.29 is 4.39 Å². The van der Waals surface area contributed by atoms with Crippen LogP contribution in [0.1, 0.15) is 62.6 Å². The lowest BCUT2D eigenvalue weighted by Crippen LogP contribution is -2.14. The van der Waals surface area contributed by atoms with Crippen molar-refractivity contribution in [3.8, 4) is 17.3 Å². The van der Waals surface area contributed by atoms with Gasteiger partial charge in [-0.15, -0.1) is 0 Å². The number of fused-ring (bicyclic) bond motifs is 2. The van der Waals surface area contributed by atoms with Crippen LogP contribution in [0.4, 0.5) is 4.39 Å². The van der Waals surface area contributed by atoms with E-state index >= 15 is 4.39 Å². The number of allylic oxidation sites excluding steroid dienone is 2. The molecule has 0 saturated heterocycles. The van der Waals surface area contributed by atoms with Gasteiger partial charge in [-0.25, -0.2) is 9.37 Å². The van der Waals surface area contributed by atoms with E-state index in [0.29, 0.717) is 35.3 Å². The number of pyridine rings is 1. The van der Waals surface area contributed by atoms with E-state index in [9.17, 15) is 5.26 Å². The molecular formula is C30H32FN3. The van der Waals surface area contributed by atoms with Gasteiger partial charge in [0.15, 0.2) is 5.82 Å². The summed E-state index contributed by atoms with van der Waals surface area (Å²) in [7, 11) is 0. The van der Waals surface area contributed by atoms with Crippen molar-refractivity contribution in [2.75, 3.05) is 0 Å². The second kappa shape index (κ2) is 8.69. The zero-order chi connectivity index (χ0) is 23.2. The Morgan fingerprint density at radius 2 is 1.82 bits per heavy atom. The van der Waals surface area contributed by atoms with Gasteiger partial charge in [0, 0.05) is 29.2 Å². The predicted molar refractivity (Wildman–Crippen MR) is 134 cm³/mol. The summed E-state index contributed by atoms with van der Waals surface area (Å²) >= 11 is 0. The van der Waals surface area contributed by atoms with Crippen molar-refractivity contribution >= 4 is 11.0 Å². The van der Waals surface area contributed by atoms with E-state index in [2.05, 4.69) is 48.3 Å². The minimum atomic E-state index is -0.284. The average Bonchev–Trinajstić information content (AvgIpc) is 3.55. The van der Waals surface area contributed by atoms with Crippen LogP contribution in [0.15, 0.2) is 48.6 Å². The molecule has 3 nitrogen and oxygen atoms in total. The van der Waals surface area contributed by atoms with Crippen molar-refractivity contribution in [2.45, 2.75) is 57.8 Å². The standard InChI is InChI=1S/C30H32FN3/c1-18-2-4-19(5-3-18)20-6-8-21(9-7-20)30-27(31)16-29-28(34-30)15-24(33-29)14-22-10-12-26-23(17-32)11-13-25(22)26/h2,4,6-9,15-16,18-19,22-23,25-26,33H,3,5,10-14H2,1H3. The number of aromatic amines is 1. The van der Waals surface area contributed by atoms with Crippen LogP contribution in [0.25, 0.3) is 22.3 Å². The van der Waals surface area contributed by atoms with Gasteiger partial charge in [-0.05, 0) is 80.2 Å². The second-order valence-corrected chi connectivity index (χ2v) is 10.9. The predicted octanol–water partition coefficient (Wildman–Crippen LogP) is 7.56. The molecule has 0 bridgehead atoms. The number of halogens is 1. The van der Waals surface area contributed by atoms with E-state index in [0.717, 1.165) is 35.1 Å². The molecule has 6 atom stereocenters. The molecule has 2 fully saturated rings. The number of rotatable bonds is 4. The molecule has 6 rings (SSSR count). The lowest BCUT2D eigenvalue weighted by molar-refractivity contribution is 0.335. The van der Waals surface area contributed by atoms with E-state index in [-0.39, 0.29) is 11.7 Å². The molecule has 0 spiro atoms. The smallest absolute Gasteiger partial charge is 0.151 e. The second-order valence-electron chi connectivity index (χ2n) is 10.9. The van der Waals surface area contributed by atoms with Crippen molar-refractivity contribution in [1.29, 1.82) is 5.26 Å². The molecule has 0 radical (unpaired) electrons. The number of hydrogen-bond donors (Lipinski definition) is 1. The summed E-state index contributed by atoms with van der Waals surface area (Å²) in [6.07, 6.45) is 12.6. The quantitative estimate of drug-likeness (QED) is 0.414. The monoisotopic (exact) mass is 453 g/mol. The Balaban J connectivity index is 1.22.